The first-order valence-electron chi connectivity index (χ1n) is 0. The molecule has 0 saturated heterocycles. The van der Waals surface area contributed by atoms with Crippen LogP contribution in [0.1, 0.15) is 0 Å². The Morgan fingerprint density at radius 3 is 0.600 bits per heavy atom. The average Bonchev–Trinajstić information content (AvgIpc) is 0. The third-order valence-corrected chi connectivity index (χ3v) is 0. The van der Waals surface area contributed by atoms with Crippen LogP contribution in [0.25, 0.3) is 0 Å². The van der Waals surface area contributed by atoms with Gasteiger partial charge >= 0.3 is 0 Å². The Kier molecular flexibility index (Phi) is 1500. The van der Waals surface area contributed by atoms with Gasteiger partial charge < -0.3 is 41.8 Å². The molecule has 0 amide bonds. The summed E-state index contributed by atoms with van der Waals surface area (Å²) in [6.45, 7) is 0. The zero-order valence-electron chi connectivity index (χ0n) is 3.21. The van der Waals surface area contributed by atoms with Crippen molar-refractivity contribution in [2.45, 2.75) is 0 Å². The van der Waals surface area contributed by atoms with Crippen molar-refractivity contribution in [3.8, 4) is 0 Å². The summed E-state index contributed by atoms with van der Waals surface area (Å²) in [5, 5.41) is 0. The summed E-state index contributed by atoms with van der Waals surface area (Å²) in [5.41, 5.74) is 0. The van der Waals surface area contributed by atoms with Gasteiger partial charge in [-0.15, -0.1) is 0 Å². The van der Waals surface area contributed by atoms with Crippen LogP contribution in [0.15, 0.2) is 0 Å². The van der Waals surface area contributed by atoms with E-state index in [1.54, 1.807) is 0 Å². The molecule has 0 nitrogen and oxygen atoms in total. The largest absolute Gasteiger partial charge is 0.813 e. The van der Waals surface area contributed by atoms with E-state index < -0.39 is 0 Å². The molecule has 0 bridgehead atoms. The molecule has 0 aliphatic rings. The van der Waals surface area contributed by atoms with Gasteiger partial charge in [-0.25, -0.2) is 0 Å². The molecular weight excluding hydrogens is 147 g/mol. The Morgan fingerprint density at radius 2 is 0.600 bits per heavy atom. The maximum absolute atomic E-state index is 0. The monoisotopic (exact) mass is 154 g/mol. The SMILES string of the molecule is [CH3-].[CH3-].[Ni].[SH-].[SH-]. The molecule has 0 aliphatic heterocycles. The van der Waals surface area contributed by atoms with Crippen molar-refractivity contribution < 1.29 is 16.5 Å². The van der Waals surface area contributed by atoms with E-state index in [-0.39, 0.29) is 58.3 Å². The summed E-state index contributed by atoms with van der Waals surface area (Å²) in [4.78, 5) is 0. The third-order valence-electron chi connectivity index (χ3n) is 0. The van der Waals surface area contributed by atoms with E-state index in [1.807, 2.05) is 0 Å². The standard InChI is InChI=1S/2CH3.Ni.2H2S/h2*1H3;;2*1H2/q2*-1;;;/p-2. The molecule has 0 aromatic carbocycles. The van der Waals surface area contributed by atoms with Crippen molar-refractivity contribution in [2.24, 2.45) is 0 Å². The van der Waals surface area contributed by atoms with E-state index in [0.29, 0.717) is 0 Å². The van der Waals surface area contributed by atoms with Gasteiger partial charge in [0.25, 0.3) is 0 Å². The van der Waals surface area contributed by atoms with Crippen molar-refractivity contribution in [3.05, 3.63) is 14.9 Å². The Morgan fingerprint density at radius 1 is 0.600 bits per heavy atom. The van der Waals surface area contributed by atoms with Gasteiger partial charge in [0.15, 0.2) is 0 Å². The van der Waals surface area contributed by atoms with Gasteiger partial charge in [0.1, 0.15) is 0 Å². The number of hydrogen-bond donors (Lipinski definition) is 0. The first kappa shape index (κ1) is 117. The second kappa shape index (κ2) is 64.1. The average molecular weight is 155 g/mol. The molecule has 0 rings (SSSR count). The van der Waals surface area contributed by atoms with Crippen molar-refractivity contribution >= 4 is 27.0 Å². The fourth-order valence-electron chi connectivity index (χ4n) is 0. The van der Waals surface area contributed by atoms with Gasteiger partial charge in [-0.3, -0.25) is 0 Å². The van der Waals surface area contributed by atoms with Gasteiger partial charge in [-0.05, 0) is 0 Å². The molecule has 5 heavy (non-hydrogen) atoms. The molecule has 0 heterocycles. The fourth-order valence-corrected chi connectivity index (χ4v) is 0. The second-order valence-corrected chi connectivity index (χ2v) is 0. The van der Waals surface area contributed by atoms with Crippen LogP contribution in [0.5, 0.6) is 0 Å². The normalized spacial score (nSPS) is 0. The molecule has 0 N–H and O–H groups in total. The molecule has 0 aromatic heterocycles. The molecular formula is C2H8NiS2-4. The van der Waals surface area contributed by atoms with Crippen LogP contribution in [-0.4, -0.2) is 0 Å². The fraction of sp³-hybridized carbons (Fsp3) is 0. The van der Waals surface area contributed by atoms with E-state index in [2.05, 4.69) is 0 Å². The van der Waals surface area contributed by atoms with E-state index in [0.717, 1.165) is 0 Å². The molecule has 0 saturated carbocycles. The minimum atomic E-state index is 0. The summed E-state index contributed by atoms with van der Waals surface area (Å²) in [7, 11) is 0. The third kappa shape index (κ3) is 37.2. The molecule has 0 fully saturated rings. The van der Waals surface area contributed by atoms with E-state index in [1.165, 1.54) is 0 Å². The van der Waals surface area contributed by atoms with Crippen LogP contribution in [0, 0.1) is 14.9 Å². The predicted octanol–water partition coefficient (Wildman–Crippen LogP) is 0.358. The topological polar surface area (TPSA) is 0 Å². The van der Waals surface area contributed by atoms with Crippen LogP contribution in [0.2, 0.25) is 0 Å². The van der Waals surface area contributed by atoms with Gasteiger partial charge in [-0.2, -0.15) is 0 Å². The zero-order valence-corrected chi connectivity index (χ0v) is 5.99. The van der Waals surface area contributed by atoms with Crippen molar-refractivity contribution in [1.29, 1.82) is 0 Å². The minimum absolute atomic E-state index is 0. The van der Waals surface area contributed by atoms with Crippen LogP contribution < -0.4 is 0 Å². The maximum atomic E-state index is 0. The summed E-state index contributed by atoms with van der Waals surface area (Å²) in [6.07, 6.45) is 0. The number of rotatable bonds is 0. The summed E-state index contributed by atoms with van der Waals surface area (Å²) in [6, 6.07) is 0. The maximum Gasteiger partial charge on any atom is 0 e. The van der Waals surface area contributed by atoms with Crippen molar-refractivity contribution in [1.82, 2.24) is 0 Å². The van der Waals surface area contributed by atoms with Gasteiger partial charge in [0.2, 0.25) is 0 Å². The summed E-state index contributed by atoms with van der Waals surface area (Å²) < 4.78 is 0. The Balaban J connectivity index is 0. The molecule has 0 spiro atoms. The quantitative estimate of drug-likeness (QED) is 0.214. The van der Waals surface area contributed by atoms with Gasteiger partial charge in [0.05, 0.1) is 0 Å². The van der Waals surface area contributed by atoms with Crippen molar-refractivity contribution in [3.63, 3.8) is 0 Å². The number of thiol groups is 2. The molecule has 0 aliphatic carbocycles. The van der Waals surface area contributed by atoms with E-state index >= 15 is 0 Å². The van der Waals surface area contributed by atoms with Crippen LogP contribution in [0.4, 0.5) is 0 Å². The van der Waals surface area contributed by atoms with Crippen LogP contribution >= 0.6 is 0 Å². The zero-order chi connectivity index (χ0) is 0. The molecule has 42 valence electrons. The van der Waals surface area contributed by atoms with Gasteiger partial charge in [0, 0.05) is 16.5 Å². The van der Waals surface area contributed by atoms with Gasteiger partial charge in [-0.1, -0.05) is 0 Å². The minimum Gasteiger partial charge on any atom is -0.813 e. The number of hydrogen-bond acceptors (Lipinski definition) is 2. The molecule has 0 unspecified atom stereocenters. The second-order valence-electron chi connectivity index (χ2n) is 0. The molecule has 0 radical (unpaired) electrons. The van der Waals surface area contributed by atoms with E-state index in [9.17, 15) is 0 Å². The smallest absolute Gasteiger partial charge is 0 e. The van der Waals surface area contributed by atoms with Crippen LogP contribution in [0.3, 0.4) is 0 Å². The molecule has 3 heteroatoms. The molecule has 0 aromatic rings. The Hall–Kier alpha value is 1.19. The summed E-state index contributed by atoms with van der Waals surface area (Å²) in [5.74, 6) is 0. The Bertz CT molecular complexity index is 7.61. The van der Waals surface area contributed by atoms with Crippen molar-refractivity contribution in [2.75, 3.05) is 0 Å². The molecule has 0 atom stereocenters. The summed E-state index contributed by atoms with van der Waals surface area (Å²) >= 11 is 0. The van der Waals surface area contributed by atoms with E-state index in [4.69, 9.17) is 0 Å². The first-order valence-corrected chi connectivity index (χ1v) is 0. The Labute approximate surface area is 58.5 Å². The predicted molar refractivity (Wildman–Crippen MR) is 30.3 cm³/mol. The van der Waals surface area contributed by atoms with Crippen LogP contribution in [-0.2, 0) is 43.5 Å². The first-order chi connectivity index (χ1) is 0.